The van der Waals surface area contributed by atoms with Crippen molar-refractivity contribution in [2.24, 2.45) is 10.9 Å². The van der Waals surface area contributed by atoms with Crippen molar-refractivity contribution < 1.29 is 4.79 Å². The number of nitrogens with one attached hydrogen (secondary N) is 2. The lowest BCUT2D eigenvalue weighted by Gasteiger charge is -2.19. The number of carbonyl (C=O) groups excluding carboxylic acids is 1. The molecule has 0 aliphatic heterocycles. The number of hydrogen-bond donors (Lipinski definition) is 2. The van der Waals surface area contributed by atoms with Gasteiger partial charge in [-0.25, -0.2) is 4.99 Å². The largest absolute Gasteiger partial charge is 0.356 e. The molecule has 0 aliphatic carbocycles. The predicted octanol–water partition coefficient (Wildman–Crippen LogP) is 2.97. The van der Waals surface area contributed by atoms with Crippen molar-refractivity contribution in [1.82, 2.24) is 15.5 Å². The Morgan fingerprint density at radius 3 is 2.62 bits per heavy atom. The minimum atomic E-state index is 0. The van der Waals surface area contributed by atoms with Crippen molar-refractivity contribution in [2.75, 3.05) is 27.2 Å². The van der Waals surface area contributed by atoms with E-state index in [9.17, 15) is 4.79 Å². The van der Waals surface area contributed by atoms with Gasteiger partial charge in [0.1, 0.15) is 6.54 Å². The molecule has 2 unspecified atom stereocenters. The molecule has 24 heavy (non-hydrogen) atoms. The van der Waals surface area contributed by atoms with Crippen LogP contribution in [0.5, 0.6) is 0 Å². The lowest BCUT2D eigenvalue weighted by molar-refractivity contribution is -0.127. The fourth-order valence-electron chi connectivity index (χ4n) is 1.89. The third-order valence-corrected chi connectivity index (χ3v) is 4.51. The summed E-state index contributed by atoms with van der Waals surface area (Å²) in [4.78, 5) is 19.1. The summed E-state index contributed by atoms with van der Waals surface area (Å²) in [6.45, 7) is 7.45. The topological polar surface area (TPSA) is 56.7 Å². The summed E-state index contributed by atoms with van der Waals surface area (Å²) in [6.07, 6.45) is 2.06. The van der Waals surface area contributed by atoms with Crippen molar-refractivity contribution in [2.45, 2.75) is 39.7 Å². The molecule has 2 N–H and O–H groups in total. The molecule has 1 aromatic heterocycles. The zero-order valence-electron chi connectivity index (χ0n) is 15.3. The van der Waals surface area contributed by atoms with Crippen LogP contribution in [-0.2, 0) is 11.2 Å². The number of aliphatic imine (C=N–C) groups is 1. The Balaban J connectivity index is 0.00000529. The van der Waals surface area contributed by atoms with Gasteiger partial charge in [-0.3, -0.25) is 4.79 Å². The number of carbonyl (C=O) groups is 1. The highest BCUT2D eigenvalue weighted by Crippen LogP contribution is 2.13. The van der Waals surface area contributed by atoms with Gasteiger partial charge in [0.05, 0.1) is 0 Å². The van der Waals surface area contributed by atoms with Gasteiger partial charge in [-0.1, -0.05) is 19.9 Å². The molecule has 0 aromatic carbocycles. The number of thiophene rings is 1. The molecular formula is C17H31IN4OS. The third-order valence-electron chi connectivity index (χ3n) is 3.61. The molecule has 138 valence electrons. The van der Waals surface area contributed by atoms with Crippen LogP contribution in [0.2, 0.25) is 0 Å². The maximum absolute atomic E-state index is 11.7. The standard InChI is InChI=1S/C17H30N4OS.HI/c1-6-14(3)20-17(19-12-16(22)21(4)5)18-11-13(2)10-15-8-7-9-23-15;/h7-9,13-14H,6,10-12H2,1-5H3,(H2,18,19,20);1H. The number of amides is 1. The molecular weight excluding hydrogens is 435 g/mol. The van der Waals surface area contributed by atoms with E-state index >= 15 is 0 Å². The molecule has 1 heterocycles. The molecule has 0 fully saturated rings. The molecule has 5 nitrogen and oxygen atoms in total. The van der Waals surface area contributed by atoms with Crippen molar-refractivity contribution in [3.8, 4) is 0 Å². The van der Waals surface area contributed by atoms with Crippen LogP contribution in [0.4, 0.5) is 0 Å². The highest BCUT2D eigenvalue weighted by atomic mass is 127. The van der Waals surface area contributed by atoms with Crippen LogP contribution in [0.15, 0.2) is 22.5 Å². The second kappa shape index (κ2) is 12.5. The quantitative estimate of drug-likeness (QED) is 0.352. The summed E-state index contributed by atoms with van der Waals surface area (Å²) in [7, 11) is 3.49. The Morgan fingerprint density at radius 2 is 2.08 bits per heavy atom. The number of guanidine groups is 1. The lowest BCUT2D eigenvalue weighted by atomic mass is 10.1. The van der Waals surface area contributed by atoms with Gasteiger partial charge in [0.15, 0.2) is 5.96 Å². The van der Waals surface area contributed by atoms with Crippen LogP contribution in [0, 0.1) is 5.92 Å². The maximum Gasteiger partial charge on any atom is 0.243 e. The first-order valence-electron chi connectivity index (χ1n) is 8.19. The highest BCUT2D eigenvalue weighted by molar-refractivity contribution is 14.0. The number of hydrogen-bond acceptors (Lipinski definition) is 3. The average molecular weight is 466 g/mol. The summed E-state index contributed by atoms with van der Waals surface area (Å²) in [6, 6.07) is 4.58. The van der Waals surface area contributed by atoms with Crippen LogP contribution < -0.4 is 10.6 Å². The van der Waals surface area contributed by atoms with Crippen LogP contribution >= 0.6 is 35.3 Å². The Morgan fingerprint density at radius 1 is 1.38 bits per heavy atom. The first-order chi connectivity index (χ1) is 10.9. The molecule has 1 amide bonds. The second-order valence-electron chi connectivity index (χ2n) is 6.18. The average Bonchev–Trinajstić information content (AvgIpc) is 3.01. The molecule has 1 aromatic rings. The van der Waals surface area contributed by atoms with E-state index in [0.29, 0.717) is 17.9 Å². The summed E-state index contributed by atoms with van der Waals surface area (Å²) in [5.74, 6) is 1.22. The van der Waals surface area contributed by atoms with Crippen molar-refractivity contribution in [1.29, 1.82) is 0 Å². The molecule has 0 aliphatic rings. The van der Waals surface area contributed by atoms with E-state index in [-0.39, 0.29) is 36.4 Å². The minimum absolute atomic E-state index is 0. The Labute approximate surface area is 167 Å². The summed E-state index contributed by atoms with van der Waals surface area (Å²) >= 11 is 1.79. The SMILES string of the molecule is CCC(C)NC(=NCC(=O)N(C)C)NCC(C)Cc1cccs1.I. The van der Waals surface area contributed by atoms with Crippen LogP contribution in [0.3, 0.4) is 0 Å². The van der Waals surface area contributed by atoms with Crippen molar-refractivity contribution in [3.05, 3.63) is 22.4 Å². The number of halogens is 1. The van der Waals surface area contributed by atoms with Gasteiger partial charge in [-0.2, -0.15) is 0 Å². The normalized spacial score (nSPS) is 13.6. The van der Waals surface area contributed by atoms with E-state index < -0.39 is 0 Å². The molecule has 2 atom stereocenters. The van der Waals surface area contributed by atoms with Gasteiger partial charge in [-0.05, 0) is 37.1 Å². The lowest BCUT2D eigenvalue weighted by Crippen LogP contribution is -2.44. The van der Waals surface area contributed by atoms with Crippen LogP contribution in [0.1, 0.15) is 32.1 Å². The van der Waals surface area contributed by atoms with Gasteiger partial charge in [0, 0.05) is 31.6 Å². The Kier molecular flexibility index (Phi) is 12.1. The van der Waals surface area contributed by atoms with Gasteiger partial charge in [-0.15, -0.1) is 35.3 Å². The summed E-state index contributed by atoms with van der Waals surface area (Å²) < 4.78 is 0. The van der Waals surface area contributed by atoms with Crippen LogP contribution in [0.25, 0.3) is 0 Å². The molecule has 1 rings (SSSR count). The number of nitrogens with zero attached hydrogens (tertiary/aromatic N) is 2. The summed E-state index contributed by atoms with van der Waals surface area (Å²) in [5.41, 5.74) is 0. The molecule has 0 saturated carbocycles. The maximum atomic E-state index is 11.7. The predicted molar refractivity (Wildman–Crippen MR) is 114 cm³/mol. The molecule has 0 bridgehead atoms. The minimum Gasteiger partial charge on any atom is -0.356 e. The number of likely N-dealkylation sites (N-methyl/N-ethyl adjacent to an activating group) is 1. The van der Waals surface area contributed by atoms with Gasteiger partial charge in [0.2, 0.25) is 5.91 Å². The van der Waals surface area contributed by atoms with E-state index in [2.05, 4.69) is 53.9 Å². The molecule has 0 radical (unpaired) electrons. The Bertz CT molecular complexity index is 491. The zero-order valence-corrected chi connectivity index (χ0v) is 18.5. The fraction of sp³-hybridized carbons (Fsp3) is 0.647. The van der Waals surface area contributed by atoms with E-state index in [1.165, 1.54) is 4.88 Å². The van der Waals surface area contributed by atoms with Crippen molar-refractivity contribution >= 4 is 47.2 Å². The van der Waals surface area contributed by atoms with E-state index in [0.717, 1.165) is 19.4 Å². The second-order valence-corrected chi connectivity index (χ2v) is 7.21. The molecule has 0 saturated heterocycles. The van der Waals surface area contributed by atoms with Crippen molar-refractivity contribution in [3.63, 3.8) is 0 Å². The Hall–Kier alpha value is -0.830. The first-order valence-corrected chi connectivity index (χ1v) is 9.07. The number of rotatable bonds is 8. The fourth-order valence-corrected chi connectivity index (χ4v) is 2.76. The van der Waals surface area contributed by atoms with Gasteiger partial charge >= 0.3 is 0 Å². The zero-order chi connectivity index (χ0) is 17.2. The molecule has 7 heteroatoms. The monoisotopic (exact) mass is 466 g/mol. The third kappa shape index (κ3) is 9.46. The summed E-state index contributed by atoms with van der Waals surface area (Å²) in [5, 5.41) is 8.82. The van der Waals surface area contributed by atoms with E-state index in [1.54, 1.807) is 30.3 Å². The van der Waals surface area contributed by atoms with Gasteiger partial charge in [0.25, 0.3) is 0 Å². The first kappa shape index (κ1) is 23.2. The van der Waals surface area contributed by atoms with Gasteiger partial charge < -0.3 is 15.5 Å². The molecule has 0 spiro atoms. The van der Waals surface area contributed by atoms with Crippen LogP contribution in [-0.4, -0.2) is 50.0 Å². The van der Waals surface area contributed by atoms with E-state index in [4.69, 9.17) is 0 Å². The van der Waals surface area contributed by atoms with E-state index in [1.807, 2.05) is 0 Å². The smallest absolute Gasteiger partial charge is 0.243 e. The highest BCUT2D eigenvalue weighted by Gasteiger charge is 2.09.